The average molecular weight is 878 g/mol. The second-order valence-electron chi connectivity index (χ2n) is 21.5. The van der Waals surface area contributed by atoms with Crippen LogP contribution < -0.4 is 0 Å². The fourth-order valence-corrected chi connectivity index (χ4v) is 10.6. The molecule has 0 saturated carbocycles. The summed E-state index contributed by atoms with van der Waals surface area (Å²) in [6.07, 6.45) is 33.9. The molecule has 2 aliphatic heterocycles. The van der Waals surface area contributed by atoms with Gasteiger partial charge >= 0.3 is 11.9 Å². The van der Waals surface area contributed by atoms with Gasteiger partial charge in [-0.05, 0) is 108 Å². The van der Waals surface area contributed by atoms with Crippen molar-refractivity contribution in [3.8, 4) is 0 Å². The summed E-state index contributed by atoms with van der Waals surface area (Å²) in [5.41, 5.74) is 0.369. The maximum atomic E-state index is 13.9. The van der Waals surface area contributed by atoms with Crippen LogP contribution in [0.25, 0.3) is 0 Å². The van der Waals surface area contributed by atoms with Crippen LogP contribution in [-0.2, 0) is 23.5 Å². The molecule has 1 spiro atoms. The van der Waals surface area contributed by atoms with E-state index in [1.165, 1.54) is 129 Å². The lowest BCUT2D eigenvalue weighted by atomic mass is 9.77. The molecule has 0 aromatic carbocycles. The van der Waals surface area contributed by atoms with Crippen molar-refractivity contribution < 1.29 is 23.5 Å². The zero-order valence-electron chi connectivity index (χ0n) is 42.3. The first-order chi connectivity index (χ1) is 29.3. The van der Waals surface area contributed by atoms with Crippen LogP contribution in [0.3, 0.4) is 0 Å². The van der Waals surface area contributed by atoms with E-state index in [1.54, 1.807) is 0 Å². The molecule has 0 amide bonds. The third kappa shape index (κ3) is 23.7. The number of unbranched alkanes of at least 4 members (excludes halogenated alkanes) is 17. The topological polar surface area (TPSA) is 68.3 Å². The number of carbonyl (C=O) groups excluding carboxylic acids is 2. The molecule has 360 valence electrons. The monoisotopic (exact) mass is 877 g/mol. The Morgan fingerprint density at radius 3 is 1.38 bits per heavy atom. The third-order valence-electron chi connectivity index (χ3n) is 15.2. The van der Waals surface area contributed by atoms with Crippen LogP contribution in [0.2, 0.25) is 18.1 Å². The first-order valence-corrected chi connectivity index (χ1v) is 29.7. The van der Waals surface area contributed by atoms with Crippen LogP contribution in [0.15, 0.2) is 0 Å². The van der Waals surface area contributed by atoms with Gasteiger partial charge in [-0.15, -0.1) is 0 Å². The molecule has 0 bridgehead atoms. The molecule has 0 N–H and O–H groups in total. The Bertz CT molecular complexity index is 1050. The van der Waals surface area contributed by atoms with Gasteiger partial charge in [0.25, 0.3) is 0 Å². The Morgan fingerprint density at radius 2 is 0.951 bits per heavy atom. The van der Waals surface area contributed by atoms with E-state index in [1.807, 2.05) is 0 Å². The van der Waals surface area contributed by atoms with Gasteiger partial charge in [-0.1, -0.05) is 177 Å². The Hall–Kier alpha value is -0.963. The number of hydrogen-bond acceptors (Lipinski definition) is 7. The third-order valence-corrected chi connectivity index (χ3v) is 19.7. The normalized spacial score (nSPS) is 17.8. The number of esters is 2. The van der Waals surface area contributed by atoms with Gasteiger partial charge in [-0.2, -0.15) is 0 Å². The summed E-state index contributed by atoms with van der Waals surface area (Å²) in [6, 6.07) is -0.0896. The molecular weight excluding hydrogens is 773 g/mol. The molecule has 2 fully saturated rings. The maximum Gasteiger partial charge on any atom is 0.308 e. The lowest BCUT2D eigenvalue weighted by molar-refractivity contribution is -0.156. The van der Waals surface area contributed by atoms with Gasteiger partial charge in [0.1, 0.15) is 13.2 Å². The van der Waals surface area contributed by atoms with Crippen molar-refractivity contribution in [2.24, 2.45) is 17.3 Å². The molecule has 8 heteroatoms. The first-order valence-electron chi connectivity index (χ1n) is 26.7. The zero-order valence-corrected chi connectivity index (χ0v) is 43.3. The Kier molecular flexibility index (Phi) is 30.1. The summed E-state index contributed by atoms with van der Waals surface area (Å²) in [7, 11) is -1.68. The van der Waals surface area contributed by atoms with Crippen molar-refractivity contribution in [1.82, 2.24) is 9.80 Å². The van der Waals surface area contributed by atoms with E-state index in [0.29, 0.717) is 18.6 Å². The van der Waals surface area contributed by atoms with Gasteiger partial charge in [0, 0.05) is 13.2 Å². The summed E-state index contributed by atoms with van der Waals surface area (Å²) in [6.45, 7) is 27.7. The molecule has 2 unspecified atom stereocenters. The first kappa shape index (κ1) is 56.2. The number of carbonyl (C=O) groups is 2. The largest absolute Gasteiger partial charge is 0.464 e. The minimum atomic E-state index is -1.68. The summed E-state index contributed by atoms with van der Waals surface area (Å²) in [5.74, 6) is -0.0895. The van der Waals surface area contributed by atoms with Crippen LogP contribution in [0, 0.1) is 17.3 Å². The SMILES string of the molecule is CCCCCCCCC(CCCCCC)C(=O)OCC(COC(=O)C(CCCCCC)CCCCCCCC)N1CCC2(CCN(CCCCO[Si](C)(C)C(C)(C)C)C2)CC1. The molecule has 0 aliphatic carbocycles. The smallest absolute Gasteiger partial charge is 0.308 e. The molecule has 7 nitrogen and oxygen atoms in total. The predicted molar refractivity (Wildman–Crippen MR) is 263 cm³/mol. The Labute approximate surface area is 380 Å². The highest BCUT2D eigenvalue weighted by molar-refractivity contribution is 6.74. The van der Waals surface area contributed by atoms with Gasteiger partial charge in [0.05, 0.1) is 17.9 Å². The van der Waals surface area contributed by atoms with Crippen LogP contribution in [0.5, 0.6) is 0 Å². The van der Waals surface area contributed by atoms with Crippen molar-refractivity contribution >= 4 is 20.3 Å². The summed E-state index contributed by atoms with van der Waals surface area (Å²) < 4.78 is 19.1. The van der Waals surface area contributed by atoms with Crippen molar-refractivity contribution in [3.05, 3.63) is 0 Å². The van der Waals surface area contributed by atoms with Crippen molar-refractivity contribution in [2.75, 3.05) is 52.5 Å². The van der Waals surface area contributed by atoms with Crippen molar-refractivity contribution in [1.29, 1.82) is 0 Å². The molecular formula is C53H104N2O5Si. The molecule has 2 rings (SSSR count). The molecule has 61 heavy (non-hydrogen) atoms. The van der Waals surface area contributed by atoms with E-state index in [2.05, 4.69) is 71.4 Å². The number of rotatable bonds is 37. The minimum absolute atomic E-state index is 0.0205. The second kappa shape index (κ2) is 32.7. The molecule has 0 aromatic heterocycles. The van der Waals surface area contributed by atoms with Gasteiger partial charge in [0.2, 0.25) is 0 Å². The lowest BCUT2D eigenvalue weighted by Crippen LogP contribution is -2.50. The van der Waals surface area contributed by atoms with Gasteiger partial charge in [-0.25, -0.2) is 0 Å². The second-order valence-corrected chi connectivity index (χ2v) is 26.3. The fourth-order valence-electron chi connectivity index (χ4n) is 9.56. The summed E-state index contributed by atoms with van der Waals surface area (Å²) in [5, 5.41) is 0.263. The number of likely N-dealkylation sites (tertiary alicyclic amines) is 2. The summed E-state index contributed by atoms with van der Waals surface area (Å²) in [4.78, 5) is 33.0. The van der Waals surface area contributed by atoms with Crippen molar-refractivity contribution in [3.63, 3.8) is 0 Å². The quantitative estimate of drug-likeness (QED) is 0.0350. The number of hydrogen-bond donors (Lipinski definition) is 0. The molecule has 2 aliphatic rings. The van der Waals surface area contributed by atoms with E-state index < -0.39 is 8.32 Å². The molecule has 2 saturated heterocycles. The highest BCUT2D eigenvalue weighted by Crippen LogP contribution is 2.41. The van der Waals surface area contributed by atoms with Gasteiger partial charge in [0.15, 0.2) is 8.32 Å². The molecule has 0 aromatic rings. The number of piperidine rings is 1. The van der Waals surface area contributed by atoms with E-state index >= 15 is 0 Å². The zero-order chi connectivity index (χ0) is 44.8. The van der Waals surface area contributed by atoms with Crippen LogP contribution in [0.4, 0.5) is 0 Å². The van der Waals surface area contributed by atoms with Crippen LogP contribution in [-0.4, -0.2) is 88.6 Å². The van der Waals surface area contributed by atoms with E-state index in [0.717, 1.165) is 96.9 Å². The molecule has 2 heterocycles. The van der Waals surface area contributed by atoms with Crippen molar-refractivity contribution in [2.45, 2.75) is 259 Å². The van der Waals surface area contributed by atoms with Gasteiger partial charge < -0.3 is 18.8 Å². The lowest BCUT2D eigenvalue weighted by Gasteiger charge is -2.42. The molecule has 0 radical (unpaired) electrons. The average Bonchev–Trinajstić information content (AvgIpc) is 3.63. The van der Waals surface area contributed by atoms with E-state index in [4.69, 9.17) is 13.9 Å². The predicted octanol–water partition coefficient (Wildman–Crippen LogP) is 14.7. The number of nitrogens with zero attached hydrogens (tertiary/aromatic N) is 2. The van der Waals surface area contributed by atoms with Crippen LogP contribution >= 0.6 is 0 Å². The van der Waals surface area contributed by atoms with E-state index in [9.17, 15) is 9.59 Å². The highest BCUT2D eigenvalue weighted by atomic mass is 28.4. The van der Waals surface area contributed by atoms with E-state index in [-0.39, 0.29) is 34.9 Å². The van der Waals surface area contributed by atoms with Gasteiger partial charge in [-0.3, -0.25) is 14.5 Å². The molecule has 2 atom stereocenters. The highest BCUT2D eigenvalue weighted by Gasteiger charge is 2.42. The maximum absolute atomic E-state index is 13.9. The Balaban J connectivity index is 2.07. The number of ether oxygens (including phenoxy) is 2. The Morgan fingerprint density at radius 1 is 0.557 bits per heavy atom. The minimum Gasteiger partial charge on any atom is -0.464 e. The fraction of sp³-hybridized carbons (Fsp3) is 0.962. The standard InChI is InChI=1S/C53H104N2O5Si/c1-10-14-18-22-24-28-34-47(32-26-20-16-12-3)50(56)58-44-49(45-59-51(57)48(33-27-21-17-13-4)35-29-25-23-19-15-11-2)55-41-37-53(38-42-55)36-40-54(46-53)39-30-31-43-60-61(8,9)52(5,6)7/h47-49H,10-46H2,1-9H3. The summed E-state index contributed by atoms with van der Waals surface area (Å²) >= 11 is 0. The van der Waals surface area contributed by atoms with Crippen LogP contribution in [0.1, 0.15) is 235 Å².